The number of hydrogen-bond acceptors (Lipinski definition) is 3. The fraction of sp³-hybridized carbons (Fsp3) is 0.231. The zero-order valence-corrected chi connectivity index (χ0v) is 9.53. The Morgan fingerprint density at radius 3 is 2.76 bits per heavy atom. The van der Waals surface area contributed by atoms with Crippen molar-refractivity contribution in [3.8, 4) is 18.1 Å². The number of carbonyl (C=O) groups excluding carboxylic acids is 2. The first kappa shape index (κ1) is 12.8. The molecule has 4 nitrogen and oxygen atoms in total. The third-order valence-electron chi connectivity index (χ3n) is 2.01. The highest BCUT2D eigenvalue weighted by Gasteiger charge is 2.08. The number of amides is 1. The minimum absolute atomic E-state index is 0.107. The molecule has 1 aromatic rings. The fourth-order valence-electron chi connectivity index (χ4n) is 1.23. The second-order valence-corrected chi connectivity index (χ2v) is 3.32. The summed E-state index contributed by atoms with van der Waals surface area (Å²) in [4.78, 5) is 22.5. The summed E-state index contributed by atoms with van der Waals surface area (Å²) in [7, 11) is 0. The Bertz CT molecular complexity index is 460. The highest BCUT2D eigenvalue weighted by atomic mass is 16.5. The quantitative estimate of drug-likeness (QED) is 0.608. The van der Waals surface area contributed by atoms with Crippen molar-refractivity contribution in [2.45, 2.75) is 6.92 Å². The number of hydrogen-bond donors (Lipinski definition) is 1. The molecule has 17 heavy (non-hydrogen) atoms. The van der Waals surface area contributed by atoms with Crippen molar-refractivity contribution in [1.82, 2.24) is 5.32 Å². The molecule has 0 aliphatic rings. The molecule has 0 bridgehead atoms. The summed E-state index contributed by atoms with van der Waals surface area (Å²) in [5, 5.41) is 2.47. The highest BCUT2D eigenvalue weighted by molar-refractivity contribution is 5.96. The molecule has 0 aliphatic carbocycles. The van der Waals surface area contributed by atoms with Crippen LogP contribution in [0.3, 0.4) is 0 Å². The Hall–Kier alpha value is -2.28. The summed E-state index contributed by atoms with van der Waals surface area (Å²) >= 11 is 0. The smallest absolute Gasteiger partial charge is 0.258 e. The second kappa shape index (κ2) is 6.33. The van der Waals surface area contributed by atoms with Crippen LogP contribution in [0.5, 0.6) is 5.75 Å². The van der Waals surface area contributed by atoms with Gasteiger partial charge in [-0.25, -0.2) is 0 Å². The summed E-state index contributed by atoms with van der Waals surface area (Å²) in [5.74, 6) is 2.26. The van der Waals surface area contributed by atoms with E-state index >= 15 is 0 Å². The van der Waals surface area contributed by atoms with E-state index in [0.717, 1.165) is 0 Å². The SMILES string of the molecule is C#CCNC(=O)COc1ccccc1C(C)=O. The van der Waals surface area contributed by atoms with E-state index in [0.29, 0.717) is 11.3 Å². The second-order valence-electron chi connectivity index (χ2n) is 3.32. The average molecular weight is 231 g/mol. The topological polar surface area (TPSA) is 55.4 Å². The number of ether oxygens (including phenoxy) is 1. The van der Waals surface area contributed by atoms with Crippen LogP contribution < -0.4 is 10.1 Å². The molecule has 0 aliphatic heterocycles. The number of carbonyl (C=O) groups is 2. The number of Topliss-reactive ketones (excluding diaryl/α,β-unsaturated/α-hetero) is 1. The molecule has 0 saturated heterocycles. The maximum Gasteiger partial charge on any atom is 0.258 e. The molecule has 0 heterocycles. The van der Waals surface area contributed by atoms with Crippen molar-refractivity contribution in [1.29, 1.82) is 0 Å². The first-order valence-corrected chi connectivity index (χ1v) is 5.08. The summed E-state index contributed by atoms with van der Waals surface area (Å²) in [6.07, 6.45) is 5.00. The van der Waals surface area contributed by atoms with Crippen LogP contribution in [-0.4, -0.2) is 24.8 Å². The van der Waals surface area contributed by atoms with Gasteiger partial charge in [0.1, 0.15) is 5.75 Å². The lowest BCUT2D eigenvalue weighted by molar-refractivity contribution is -0.122. The molecule has 0 fully saturated rings. The van der Waals surface area contributed by atoms with E-state index < -0.39 is 0 Å². The Labute approximate surface area is 100.0 Å². The molecule has 0 spiro atoms. The van der Waals surface area contributed by atoms with Crippen LogP contribution in [0.2, 0.25) is 0 Å². The van der Waals surface area contributed by atoms with Gasteiger partial charge in [-0.2, -0.15) is 0 Å². The maximum absolute atomic E-state index is 11.3. The van der Waals surface area contributed by atoms with Crippen LogP contribution >= 0.6 is 0 Å². The zero-order chi connectivity index (χ0) is 12.7. The molecule has 1 aromatic carbocycles. The number of para-hydroxylation sites is 1. The Balaban J connectivity index is 2.61. The number of ketones is 1. The summed E-state index contributed by atoms with van der Waals surface area (Å²) in [5.41, 5.74) is 0.456. The van der Waals surface area contributed by atoms with Gasteiger partial charge in [-0.3, -0.25) is 9.59 Å². The van der Waals surface area contributed by atoms with Gasteiger partial charge in [0.05, 0.1) is 12.1 Å². The molecular formula is C13H13NO3. The molecule has 0 unspecified atom stereocenters. The molecule has 4 heteroatoms. The van der Waals surface area contributed by atoms with Gasteiger partial charge in [0.25, 0.3) is 5.91 Å². The third-order valence-corrected chi connectivity index (χ3v) is 2.01. The fourth-order valence-corrected chi connectivity index (χ4v) is 1.23. The van der Waals surface area contributed by atoms with Crippen molar-refractivity contribution >= 4 is 11.7 Å². The van der Waals surface area contributed by atoms with Gasteiger partial charge in [-0.15, -0.1) is 6.42 Å². The molecule has 1 N–H and O–H groups in total. The summed E-state index contributed by atoms with van der Waals surface area (Å²) in [6, 6.07) is 6.77. The molecule has 0 radical (unpaired) electrons. The zero-order valence-electron chi connectivity index (χ0n) is 9.53. The van der Waals surface area contributed by atoms with Gasteiger partial charge in [0.15, 0.2) is 12.4 Å². The van der Waals surface area contributed by atoms with E-state index in [-0.39, 0.29) is 24.8 Å². The van der Waals surface area contributed by atoms with E-state index in [4.69, 9.17) is 11.2 Å². The van der Waals surface area contributed by atoms with Crippen molar-refractivity contribution in [2.24, 2.45) is 0 Å². The lowest BCUT2D eigenvalue weighted by Gasteiger charge is -2.08. The minimum Gasteiger partial charge on any atom is -0.483 e. The van der Waals surface area contributed by atoms with E-state index in [1.807, 2.05) is 0 Å². The lowest BCUT2D eigenvalue weighted by Crippen LogP contribution is -2.29. The van der Waals surface area contributed by atoms with Crippen LogP contribution in [0, 0.1) is 12.3 Å². The molecule has 0 aromatic heterocycles. The molecular weight excluding hydrogens is 218 g/mol. The van der Waals surface area contributed by atoms with Gasteiger partial charge in [-0.1, -0.05) is 18.1 Å². The van der Waals surface area contributed by atoms with Gasteiger partial charge < -0.3 is 10.1 Å². The Kier molecular flexibility index (Phi) is 4.77. The molecule has 0 saturated carbocycles. The normalized spacial score (nSPS) is 9.18. The summed E-state index contributed by atoms with van der Waals surface area (Å²) in [6.45, 7) is 1.45. The van der Waals surface area contributed by atoms with Crippen molar-refractivity contribution in [3.05, 3.63) is 29.8 Å². The first-order valence-electron chi connectivity index (χ1n) is 5.08. The van der Waals surface area contributed by atoms with Crippen LogP contribution in [0.25, 0.3) is 0 Å². The van der Waals surface area contributed by atoms with Crippen molar-refractivity contribution < 1.29 is 14.3 Å². The first-order chi connectivity index (χ1) is 8.15. The van der Waals surface area contributed by atoms with Crippen molar-refractivity contribution in [3.63, 3.8) is 0 Å². The van der Waals surface area contributed by atoms with Crippen LogP contribution in [-0.2, 0) is 4.79 Å². The van der Waals surface area contributed by atoms with Crippen LogP contribution in [0.1, 0.15) is 17.3 Å². The van der Waals surface area contributed by atoms with Gasteiger partial charge in [0.2, 0.25) is 0 Å². The highest BCUT2D eigenvalue weighted by Crippen LogP contribution is 2.17. The largest absolute Gasteiger partial charge is 0.483 e. The van der Waals surface area contributed by atoms with E-state index in [2.05, 4.69) is 11.2 Å². The van der Waals surface area contributed by atoms with Gasteiger partial charge in [-0.05, 0) is 19.1 Å². The monoisotopic (exact) mass is 231 g/mol. The van der Waals surface area contributed by atoms with Gasteiger partial charge in [0, 0.05) is 0 Å². The molecule has 1 rings (SSSR count). The average Bonchev–Trinajstić information content (AvgIpc) is 2.34. The van der Waals surface area contributed by atoms with Gasteiger partial charge >= 0.3 is 0 Å². The number of benzene rings is 1. The Morgan fingerprint density at radius 1 is 1.41 bits per heavy atom. The predicted octanol–water partition coefficient (Wildman–Crippen LogP) is 1.02. The summed E-state index contributed by atoms with van der Waals surface area (Å²) < 4.78 is 5.26. The standard InChI is InChI=1S/C13H13NO3/c1-3-8-14-13(16)9-17-12-7-5-4-6-11(12)10(2)15/h1,4-7H,8-9H2,2H3,(H,14,16). The molecule has 88 valence electrons. The minimum atomic E-state index is -0.318. The third kappa shape index (κ3) is 3.99. The number of nitrogens with one attached hydrogen (secondary N) is 1. The predicted molar refractivity (Wildman–Crippen MR) is 63.8 cm³/mol. The van der Waals surface area contributed by atoms with Crippen LogP contribution in [0.4, 0.5) is 0 Å². The van der Waals surface area contributed by atoms with Crippen LogP contribution in [0.15, 0.2) is 24.3 Å². The number of terminal acetylenes is 1. The van der Waals surface area contributed by atoms with Crippen molar-refractivity contribution in [2.75, 3.05) is 13.2 Å². The molecule has 1 amide bonds. The Morgan fingerprint density at radius 2 is 2.12 bits per heavy atom. The van der Waals surface area contributed by atoms with E-state index in [9.17, 15) is 9.59 Å². The van der Waals surface area contributed by atoms with E-state index in [1.165, 1.54) is 6.92 Å². The molecule has 0 atom stereocenters. The lowest BCUT2D eigenvalue weighted by atomic mass is 10.1. The number of rotatable bonds is 5. The van der Waals surface area contributed by atoms with E-state index in [1.54, 1.807) is 24.3 Å². The maximum atomic E-state index is 11.3.